The van der Waals surface area contributed by atoms with Gasteiger partial charge < -0.3 is 14.8 Å². The van der Waals surface area contributed by atoms with Gasteiger partial charge in [0.15, 0.2) is 0 Å². The molecule has 0 aliphatic rings. The van der Waals surface area contributed by atoms with Crippen LogP contribution in [0.15, 0.2) is 60.7 Å². The average molecular weight is 363 g/mol. The fraction of sp³-hybridized carbons (Fsp3) is 0.182. The van der Waals surface area contributed by atoms with Crippen molar-refractivity contribution in [2.24, 2.45) is 0 Å². The number of ether oxygens (including phenoxy) is 2. The van der Waals surface area contributed by atoms with E-state index in [2.05, 4.69) is 5.32 Å². The number of rotatable bonds is 5. The summed E-state index contributed by atoms with van der Waals surface area (Å²) in [6, 6.07) is 18.4. The minimum Gasteiger partial charge on any atom is -0.497 e. The van der Waals surface area contributed by atoms with E-state index in [1.54, 1.807) is 31.4 Å². The van der Waals surface area contributed by atoms with Crippen LogP contribution in [0.3, 0.4) is 0 Å². The molecule has 27 heavy (non-hydrogen) atoms. The Bertz CT molecular complexity index is 979. The summed E-state index contributed by atoms with van der Waals surface area (Å²) in [7, 11) is 1.64. The number of hydrogen-bond donors (Lipinski definition) is 1. The summed E-state index contributed by atoms with van der Waals surface area (Å²) in [4.78, 5) is 23.5. The van der Waals surface area contributed by atoms with Gasteiger partial charge in [-0.05, 0) is 59.7 Å². The van der Waals surface area contributed by atoms with Crippen molar-refractivity contribution in [1.82, 2.24) is 0 Å². The van der Waals surface area contributed by atoms with Crippen molar-refractivity contribution in [2.45, 2.75) is 19.8 Å². The largest absolute Gasteiger partial charge is 0.497 e. The van der Waals surface area contributed by atoms with Crippen molar-refractivity contribution >= 4 is 28.3 Å². The predicted octanol–water partition coefficient (Wildman–Crippen LogP) is 4.52. The first-order chi connectivity index (χ1) is 13.0. The standard InChI is InChI=1S/C22H21NO4/c1-14(16-4-5-18-13-21(26-3)9-6-17(18)12-16)22(25)27-20-10-7-19(8-11-20)23-15(2)24/h4-14H,1-3H3,(H,23,24)/t14-/m0/s1. The van der Waals surface area contributed by atoms with Crippen LogP contribution in [-0.4, -0.2) is 19.0 Å². The van der Waals surface area contributed by atoms with Gasteiger partial charge in [0.1, 0.15) is 11.5 Å². The fourth-order valence-electron chi connectivity index (χ4n) is 2.79. The van der Waals surface area contributed by atoms with Gasteiger partial charge in [0.2, 0.25) is 5.91 Å². The van der Waals surface area contributed by atoms with Crippen LogP contribution in [0.5, 0.6) is 11.5 Å². The third-order valence-corrected chi connectivity index (χ3v) is 4.32. The molecule has 0 fully saturated rings. The molecule has 1 atom stereocenters. The van der Waals surface area contributed by atoms with E-state index in [1.807, 2.05) is 43.3 Å². The van der Waals surface area contributed by atoms with Crippen LogP contribution in [0.1, 0.15) is 25.3 Å². The van der Waals surface area contributed by atoms with Crippen LogP contribution in [0, 0.1) is 0 Å². The number of carbonyl (C=O) groups excluding carboxylic acids is 2. The van der Waals surface area contributed by atoms with Crippen molar-refractivity contribution in [3.8, 4) is 11.5 Å². The maximum Gasteiger partial charge on any atom is 0.318 e. The molecule has 0 bridgehead atoms. The number of hydrogen-bond acceptors (Lipinski definition) is 4. The van der Waals surface area contributed by atoms with Gasteiger partial charge in [-0.3, -0.25) is 9.59 Å². The topological polar surface area (TPSA) is 64.6 Å². The van der Waals surface area contributed by atoms with Gasteiger partial charge >= 0.3 is 5.97 Å². The molecule has 3 aromatic rings. The molecule has 3 rings (SSSR count). The number of carbonyl (C=O) groups is 2. The highest BCUT2D eigenvalue weighted by Gasteiger charge is 2.18. The van der Waals surface area contributed by atoms with Crippen LogP contribution in [-0.2, 0) is 9.59 Å². The second-order valence-corrected chi connectivity index (χ2v) is 6.32. The smallest absolute Gasteiger partial charge is 0.318 e. The molecular weight excluding hydrogens is 342 g/mol. The molecule has 1 amide bonds. The van der Waals surface area contributed by atoms with E-state index in [0.29, 0.717) is 11.4 Å². The molecule has 5 heteroatoms. The summed E-state index contributed by atoms with van der Waals surface area (Å²) in [5, 5.41) is 4.75. The van der Waals surface area contributed by atoms with Crippen LogP contribution >= 0.6 is 0 Å². The highest BCUT2D eigenvalue weighted by atomic mass is 16.5. The lowest BCUT2D eigenvalue weighted by Crippen LogP contribution is -2.16. The molecule has 138 valence electrons. The molecule has 0 aromatic heterocycles. The van der Waals surface area contributed by atoms with Gasteiger partial charge in [-0.2, -0.15) is 0 Å². The molecule has 0 spiro atoms. The first kappa shape index (κ1) is 18.5. The Morgan fingerprint density at radius 2 is 1.52 bits per heavy atom. The van der Waals surface area contributed by atoms with Crippen molar-refractivity contribution in [3.63, 3.8) is 0 Å². The van der Waals surface area contributed by atoms with Crippen molar-refractivity contribution in [2.75, 3.05) is 12.4 Å². The SMILES string of the molecule is COc1ccc2cc([C@H](C)C(=O)Oc3ccc(NC(C)=O)cc3)ccc2c1. The van der Waals surface area contributed by atoms with E-state index in [9.17, 15) is 9.59 Å². The lowest BCUT2D eigenvalue weighted by molar-refractivity contribution is -0.135. The normalized spacial score (nSPS) is 11.7. The van der Waals surface area contributed by atoms with E-state index in [0.717, 1.165) is 22.1 Å². The van der Waals surface area contributed by atoms with E-state index in [-0.39, 0.29) is 11.9 Å². The Morgan fingerprint density at radius 3 is 2.19 bits per heavy atom. The Morgan fingerprint density at radius 1 is 0.889 bits per heavy atom. The first-order valence-electron chi connectivity index (χ1n) is 8.63. The lowest BCUT2D eigenvalue weighted by Gasteiger charge is -2.13. The zero-order chi connectivity index (χ0) is 19.4. The number of fused-ring (bicyclic) bond motifs is 1. The molecule has 0 unspecified atom stereocenters. The Balaban J connectivity index is 1.72. The number of methoxy groups -OCH3 is 1. The molecule has 5 nitrogen and oxygen atoms in total. The molecular formula is C22H21NO4. The van der Waals surface area contributed by atoms with E-state index < -0.39 is 5.92 Å². The monoisotopic (exact) mass is 363 g/mol. The predicted molar refractivity (Wildman–Crippen MR) is 105 cm³/mol. The molecule has 3 aromatic carbocycles. The molecule has 0 heterocycles. The second kappa shape index (κ2) is 7.91. The highest BCUT2D eigenvalue weighted by Crippen LogP contribution is 2.26. The maximum atomic E-state index is 12.5. The number of nitrogens with one attached hydrogen (secondary N) is 1. The number of esters is 1. The first-order valence-corrected chi connectivity index (χ1v) is 8.63. The minimum absolute atomic E-state index is 0.151. The van der Waals surface area contributed by atoms with Crippen LogP contribution in [0.2, 0.25) is 0 Å². The Kier molecular flexibility index (Phi) is 5.41. The number of amides is 1. The summed E-state index contributed by atoms with van der Waals surface area (Å²) < 4.78 is 10.7. The zero-order valence-corrected chi connectivity index (χ0v) is 15.5. The van der Waals surface area contributed by atoms with Gasteiger partial charge in [-0.1, -0.05) is 24.3 Å². The van der Waals surface area contributed by atoms with E-state index in [4.69, 9.17) is 9.47 Å². The fourth-order valence-corrected chi connectivity index (χ4v) is 2.79. The van der Waals surface area contributed by atoms with Gasteiger partial charge in [-0.25, -0.2) is 0 Å². The van der Waals surface area contributed by atoms with Crippen molar-refractivity contribution < 1.29 is 19.1 Å². The van der Waals surface area contributed by atoms with Gasteiger partial charge in [0, 0.05) is 12.6 Å². The van der Waals surface area contributed by atoms with Crippen LogP contribution in [0.25, 0.3) is 10.8 Å². The minimum atomic E-state index is -0.411. The van der Waals surface area contributed by atoms with E-state index in [1.165, 1.54) is 6.92 Å². The third kappa shape index (κ3) is 4.44. The highest BCUT2D eigenvalue weighted by molar-refractivity contribution is 5.89. The quantitative estimate of drug-likeness (QED) is 0.535. The Hall–Kier alpha value is -3.34. The lowest BCUT2D eigenvalue weighted by atomic mass is 9.98. The second-order valence-electron chi connectivity index (χ2n) is 6.32. The zero-order valence-electron chi connectivity index (χ0n) is 15.5. The molecule has 0 saturated heterocycles. The maximum absolute atomic E-state index is 12.5. The summed E-state index contributed by atoms with van der Waals surface area (Å²) in [5.41, 5.74) is 1.54. The van der Waals surface area contributed by atoms with Crippen molar-refractivity contribution in [3.05, 3.63) is 66.2 Å². The molecule has 0 aliphatic heterocycles. The van der Waals surface area contributed by atoms with Crippen LogP contribution in [0.4, 0.5) is 5.69 Å². The molecule has 0 radical (unpaired) electrons. The summed E-state index contributed by atoms with van der Waals surface area (Å²) in [5.74, 6) is 0.334. The van der Waals surface area contributed by atoms with Gasteiger partial charge in [0.05, 0.1) is 13.0 Å². The van der Waals surface area contributed by atoms with Crippen molar-refractivity contribution in [1.29, 1.82) is 0 Å². The summed E-state index contributed by atoms with van der Waals surface area (Å²) in [6.07, 6.45) is 0. The summed E-state index contributed by atoms with van der Waals surface area (Å²) in [6.45, 7) is 3.26. The Labute approximate surface area is 157 Å². The summed E-state index contributed by atoms with van der Waals surface area (Å²) >= 11 is 0. The third-order valence-electron chi connectivity index (χ3n) is 4.32. The molecule has 0 aliphatic carbocycles. The average Bonchev–Trinajstić information content (AvgIpc) is 2.67. The number of benzene rings is 3. The molecule has 1 N–H and O–H groups in total. The molecule has 0 saturated carbocycles. The van der Waals surface area contributed by atoms with Gasteiger partial charge in [-0.15, -0.1) is 0 Å². The number of anilines is 1. The van der Waals surface area contributed by atoms with Gasteiger partial charge in [0.25, 0.3) is 0 Å². The van der Waals surface area contributed by atoms with E-state index >= 15 is 0 Å². The van der Waals surface area contributed by atoms with Crippen LogP contribution < -0.4 is 14.8 Å².